The van der Waals surface area contributed by atoms with Crippen molar-refractivity contribution in [2.45, 2.75) is 6.92 Å². The molecule has 3 heteroatoms. The molecule has 21 heavy (non-hydrogen) atoms. The molecule has 2 nitrogen and oxygen atoms in total. The quantitative estimate of drug-likeness (QED) is 0.725. The van der Waals surface area contributed by atoms with E-state index in [4.69, 9.17) is 0 Å². The van der Waals surface area contributed by atoms with E-state index in [1.165, 1.54) is 4.88 Å². The van der Waals surface area contributed by atoms with E-state index in [2.05, 4.69) is 11.4 Å². The second-order valence-electron chi connectivity index (χ2n) is 4.83. The standard InChI is InChI=1S/C18H15NOS/c1-13-6-2-3-9-16(13)19-18(20)15-8-4-7-14(12-15)17-10-5-11-21-17/h2-12H,1H3,(H,19,20). The molecule has 0 saturated heterocycles. The minimum absolute atomic E-state index is 0.0808. The molecule has 3 rings (SSSR count). The molecule has 3 aromatic rings. The zero-order chi connectivity index (χ0) is 14.7. The number of rotatable bonds is 3. The molecular formula is C18H15NOS. The number of aryl methyl sites for hydroxylation is 1. The van der Waals surface area contributed by atoms with Crippen LogP contribution in [-0.4, -0.2) is 5.91 Å². The van der Waals surface area contributed by atoms with Gasteiger partial charge in [-0.05, 0) is 47.7 Å². The lowest BCUT2D eigenvalue weighted by Gasteiger charge is -2.08. The molecule has 1 amide bonds. The van der Waals surface area contributed by atoms with Crippen molar-refractivity contribution in [2.75, 3.05) is 5.32 Å². The van der Waals surface area contributed by atoms with Gasteiger partial charge in [0.15, 0.2) is 0 Å². The summed E-state index contributed by atoms with van der Waals surface area (Å²) in [4.78, 5) is 13.5. The third kappa shape index (κ3) is 3.03. The molecule has 1 aromatic heterocycles. The van der Waals surface area contributed by atoms with E-state index >= 15 is 0 Å². The highest BCUT2D eigenvalue weighted by atomic mass is 32.1. The van der Waals surface area contributed by atoms with E-state index < -0.39 is 0 Å². The summed E-state index contributed by atoms with van der Waals surface area (Å²) < 4.78 is 0. The highest BCUT2D eigenvalue weighted by molar-refractivity contribution is 7.13. The van der Waals surface area contributed by atoms with Crippen LogP contribution >= 0.6 is 11.3 Å². The third-order valence-electron chi connectivity index (χ3n) is 3.32. The molecule has 0 aliphatic rings. The molecule has 0 aliphatic carbocycles. The molecule has 0 atom stereocenters. The maximum Gasteiger partial charge on any atom is 0.255 e. The minimum Gasteiger partial charge on any atom is -0.322 e. The van der Waals surface area contributed by atoms with Crippen molar-refractivity contribution in [3.8, 4) is 10.4 Å². The Kier molecular flexibility index (Phi) is 3.84. The second-order valence-corrected chi connectivity index (χ2v) is 5.77. The first-order valence-corrected chi connectivity index (χ1v) is 7.63. The summed E-state index contributed by atoms with van der Waals surface area (Å²) in [5.74, 6) is -0.0808. The van der Waals surface area contributed by atoms with Crippen LogP contribution in [0.2, 0.25) is 0 Å². The first-order valence-electron chi connectivity index (χ1n) is 6.75. The number of hydrogen-bond acceptors (Lipinski definition) is 2. The molecule has 104 valence electrons. The first-order chi connectivity index (χ1) is 10.2. The van der Waals surface area contributed by atoms with Crippen LogP contribution in [0.15, 0.2) is 66.0 Å². The molecule has 0 radical (unpaired) electrons. The number of amides is 1. The lowest BCUT2D eigenvalue weighted by Crippen LogP contribution is -2.12. The fourth-order valence-electron chi connectivity index (χ4n) is 2.16. The fraction of sp³-hybridized carbons (Fsp3) is 0.0556. The normalized spacial score (nSPS) is 10.3. The predicted octanol–water partition coefficient (Wildman–Crippen LogP) is 4.98. The van der Waals surface area contributed by atoms with Gasteiger partial charge in [0, 0.05) is 16.1 Å². The van der Waals surface area contributed by atoms with Crippen molar-refractivity contribution in [1.29, 1.82) is 0 Å². The Morgan fingerprint density at radius 3 is 2.62 bits per heavy atom. The largest absolute Gasteiger partial charge is 0.322 e. The van der Waals surface area contributed by atoms with Crippen molar-refractivity contribution >= 4 is 22.9 Å². The number of nitrogens with one attached hydrogen (secondary N) is 1. The second kappa shape index (κ2) is 5.94. The summed E-state index contributed by atoms with van der Waals surface area (Å²) in [6.07, 6.45) is 0. The van der Waals surface area contributed by atoms with Crippen LogP contribution < -0.4 is 5.32 Å². The Labute approximate surface area is 128 Å². The van der Waals surface area contributed by atoms with Gasteiger partial charge in [0.25, 0.3) is 5.91 Å². The molecule has 0 saturated carbocycles. The average molecular weight is 293 g/mol. The molecule has 0 fully saturated rings. The Morgan fingerprint density at radius 2 is 1.86 bits per heavy atom. The number of hydrogen-bond donors (Lipinski definition) is 1. The van der Waals surface area contributed by atoms with Crippen molar-refractivity contribution < 1.29 is 4.79 Å². The number of carbonyl (C=O) groups is 1. The van der Waals surface area contributed by atoms with E-state index in [1.54, 1.807) is 11.3 Å². The SMILES string of the molecule is Cc1ccccc1NC(=O)c1cccc(-c2cccs2)c1. The highest BCUT2D eigenvalue weighted by Crippen LogP contribution is 2.25. The van der Waals surface area contributed by atoms with Crippen molar-refractivity contribution in [3.05, 3.63) is 77.2 Å². The Bertz CT molecular complexity index is 762. The number of carbonyl (C=O) groups excluding carboxylic acids is 1. The predicted molar refractivity (Wildman–Crippen MR) is 88.9 cm³/mol. The molecule has 1 N–H and O–H groups in total. The lowest BCUT2D eigenvalue weighted by atomic mass is 10.1. The van der Waals surface area contributed by atoms with Gasteiger partial charge in [-0.25, -0.2) is 0 Å². The molecular weight excluding hydrogens is 278 g/mol. The fourth-order valence-corrected chi connectivity index (χ4v) is 2.89. The van der Waals surface area contributed by atoms with Crippen LogP contribution in [0.3, 0.4) is 0 Å². The van der Waals surface area contributed by atoms with Crippen molar-refractivity contribution in [3.63, 3.8) is 0 Å². The summed E-state index contributed by atoms with van der Waals surface area (Å²) >= 11 is 1.67. The first kappa shape index (κ1) is 13.6. The van der Waals surface area contributed by atoms with Crippen LogP contribution in [0.25, 0.3) is 10.4 Å². The van der Waals surface area contributed by atoms with Crippen LogP contribution in [0.1, 0.15) is 15.9 Å². The summed E-state index contributed by atoms with van der Waals surface area (Å²) in [5, 5.41) is 5.00. The van der Waals surface area contributed by atoms with Crippen molar-refractivity contribution in [1.82, 2.24) is 0 Å². The zero-order valence-corrected chi connectivity index (χ0v) is 12.5. The van der Waals surface area contributed by atoms with E-state index in [9.17, 15) is 4.79 Å². The minimum atomic E-state index is -0.0808. The third-order valence-corrected chi connectivity index (χ3v) is 4.24. The molecule has 0 spiro atoms. The highest BCUT2D eigenvalue weighted by Gasteiger charge is 2.09. The number of para-hydroxylation sites is 1. The zero-order valence-electron chi connectivity index (χ0n) is 11.7. The van der Waals surface area contributed by atoms with Crippen LogP contribution in [0.4, 0.5) is 5.69 Å². The monoisotopic (exact) mass is 293 g/mol. The van der Waals surface area contributed by atoms with Gasteiger partial charge in [0.2, 0.25) is 0 Å². The van der Waals surface area contributed by atoms with Crippen LogP contribution in [0, 0.1) is 6.92 Å². The Balaban J connectivity index is 1.85. The maximum absolute atomic E-state index is 12.4. The van der Waals surface area contributed by atoms with Gasteiger partial charge >= 0.3 is 0 Å². The van der Waals surface area contributed by atoms with E-state index in [0.717, 1.165) is 16.8 Å². The number of thiophene rings is 1. The molecule has 1 heterocycles. The smallest absolute Gasteiger partial charge is 0.255 e. The van der Waals surface area contributed by atoms with Crippen molar-refractivity contribution in [2.24, 2.45) is 0 Å². The molecule has 0 unspecified atom stereocenters. The summed E-state index contributed by atoms with van der Waals surface area (Å²) in [6, 6.07) is 19.6. The molecule has 2 aromatic carbocycles. The number of benzene rings is 2. The van der Waals surface area contributed by atoms with Gasteiger partial charge in [-0.1, -0.05) is 36.4 Å². The van der Waals surface area contributed by atoms with Gasteiger partial charge in [0.05, 0.1) is 0 Å². The van der Waals surface area contributed by atoms with Gasteiger partial charge in [0.1, 0.15) is 0 Å². The average Bonchev–Trinajstić information content (AvgIpc) is 3.04. The lowest BCUT2D eigenvalue weighted by molar-refractivity contribution is 0.102. The van der Waals surface area contributed by atoms with E-state index in [-0.39, 0.29) is 5.91 Å². The summed E-state index contributed by atoms with van der Waals surface area (Å²) in [6.45, 7) is 1.98. The topological polar surface area (TPSA) is 29.1 Å². The number of anilines is 1. The van der Waals surface area contributed by atoms with E-state index in [0.29, 0.717) is 5.56 Å². The van der Waals surface area contributed by atoms with Gasteiger partial charge < -0.3 is 5.32 Å². The van der Waals surface area contributed by atoms with E-state index in [1.807, 2.05) is 66.9 Å². The Hall–Kier alpha value is -2.39. The molecule has 0 bridgehead atoms. The van der Waals surface area contributed by atoms with Gasteiger partial charge in [-0.15, -0.1) is 11.3 Å². The Morgan fingerprint density at radius 1 is 1.00 bits per heavy atom. The molecule has 0 aliphatic heterocycles. The maximum atomic E-state index is 12.4. The van der Waals surface area contributed by atoms with Crippen LogP contribution in [0.5, 0.6) is 0 Å². The van der Waals surface area contributed by atoms with Crippen LogP contribution in [-0.2, 0) is 0 Å². The van der Waals surface area contributed by atoms with Gasteiger partial charge in [-0.3, -0.25) is 4.79 Å². The van der Waals surface area contributed by atoms with Gasteiger partial charge in [-0.2, -0.15) is 0 Å². The summed E-state index contributed by atoms with van der Waals surface area (Å²) in [7, 11) is 0. The summed E-state index contributed by atoms with van der Waals surface area (Å²) in [5.41, 5.74) is 3.65.